The number of fused-ring (bicyclic) bond motifs is 1. The number of amides is 1. The van der Waals surface area contributed by atoms with Crippen LogP contribution in [0.15, 0.2) is 51.7 Å². The van der Waals surface area contributed by atoms with Crippen molar-refractivity contribution in [3.8, 4) is 5.75 Å². The van der Waals surface area contributed by atoms with Gasteiger partial charge in [0.05, 0.1) is 23.6 Å². The first-order valence-corrected chi connectivity index (χ1v) is 9.17. The van der Waals surface area contributed by atoms with E-state index in [1.54, 1.807) is 7.11 Å². The minimum atomic E-state index is -0.733. The number of hydrogen-bond donors (Lipinski definition) is 1. The Morgan fingerprint density at radius 2 is 2.03 bits per heavy atom. The third-order valence-electron chi connectivity index (χ3n) is 5.05. The number of nitrogens with zero attached hydrogens (tertiary/aromatic N) is 2. The summed E-state index contributed by atoms with van der Waals surface area (Å²) in [5.41, 5.74) is 1.19. The summed E-state index contributed by atoms with van der Waals surface area (Å²) in [5, 5.41) is 14.0. The third-order valence-corrected chi connectivity index (χ3v) is 5.05. The molecule has 1 aromatic heterocycles. The molecule has 1 N–H and O–H groups in total. The molecule has 29 heavy (non-hydrogen) atoms. The number of aromatic nitrogens is 1. The van der Waals surface area contributed by atoms with E-state index in [9.17, 15) is 19.7 Å². The molecule has 1 heterocycles. The van der Waals surface area contributed by atoms with Crippen LogP contribution in [-0.2, 0) is 11.3 Å². The fourth-order valence-electron chi connectivity index (χ4n) is 3.39. The number of methoxy groups -OCH3 is 1. The fourth-order valence-corrected chi connectivity index (χ4v) is 3.39. The van der Waals surface area contributed by atoms with Gasteiger partial charge in [-0.05, 0) is 42.5 Å². The molecule has 1 amide bonds. The molecule has 1 unspecified atom stereocenters. The molecule has 4 rings (SSSR count). The lowest BCUT2D eigenvalue weighted by Crippen LogP contribution is -2.34. The summed E-state index contributed by atoms with van der Waals surface area (Å²) >= 11 is 0. The van der Waals surface area contributed by atoms with Gasteiger partial charge in [-0.3, -0.25) is 19.5 Å². The number of nitrogens with one attached hydrogen (secondary N) is 1. The van der Waals surface area contributed by atoms with Crippen molar-refractivity contribution in [1.29, 1.82) is 0 Å². The Kier molecular flexibility index (Phi) is 4.79. The van der Waals surface area contributed by atoms with E-state index in [0.717, 1.165) is 28.7 Å². The quantitative estimate of drug-likeness (QED) is 0.484. The predicted octanol–water partition coefficient (Wildman–Crippen LogP) is 2.78. The highest BCUT2D eigenvalue weighted by Gasteiger charge is 2.33. The molecule has 1 atom stereocenters. The monoisotopic (exact) mass is 397 g/mol. The minimum Gasteiger partial charge on any atom is -0.497 e. The van der Waals surface area contributed by atoms with Gasteiger partial charge in [-0.2, -0.15) is 0 Å². The molecule has 1 aliphatic rings. The van der Waals surface area contributed by atoms with Crippen LogP contribution in [0.4, 0.5) is 5.69 Å². The summed E-state index contributed by atoms with van der Waals surface area (Å²) in [6, 6.07) is 11.2. The van der Waals surface area contributed by atoms with Gasteiger partial charge >= 0.3 is 5.76 Å². The molecular formula is C20H19N3O6. The topological polar surface area (TPSA) is 117 Å². The van der Waals surface area contributed by atoms with Crippen molar-refractivity contribution in [2.24, 2.45) is 5.92 Å². The Bertz CT molecular complexity index is 1130. The molecule has 9 heteroatoms. The van der Waals surface area contributed by atoms with Gasteiger partial charge in [0.15, 0.2) is 5.58 Å². The molecule has 150 valence electrons. The second-order valence-electron chi connectivity index (χ2n) is 7.02. The number of carbonyl (C=O) groups is 1. The molecule has 1 fully saturated rings. The summed E-state index contributed by atoms with van der Waals surface area (Å²) in [7, 11) is 1.59. The van der Waals surface area contributed by atoms with E-state index in [2.05, 4.69) is 5.32 Å². The standard InChI is InChI=1S/C20H19N3O6/c1-28-15-7-4-13(5-8-15)19(12-2-3-12)21-18(24)11-22-16-10-14(23(26)27)6-9-17(16)29-20(22)25/h4-10,12,19H,2-3,11H2,1H3,(H,21,24). The molecular weight excluding hydrogens is 378 g/mol. The van der Waals surface area contributed by atoms with Crippen molar-refractivity contribution >= 4 is 22.7 Å². The Balaban J connectivity index is 1.56. The van der Waals surface area contributed by atoms with E-state index in [1.807, 2.05) is 24.3 Å². The highest BCUT2D eigenvalue weighted by molar-refractivity contribution is 5.81. The van der Waals surface area contributed by atoms with E-state index < -0.39 is 10.7 Å². The number of hydrogen-bond acceptors (Lipinski definition) is 6. The Morgan fingerprint density at radius 1 is 1.31 bits per heavy atom. The number of oxazole rings is 1. The van der Waals surface area contributed by atoms with Crippen molar-refractivity contribution in [2.75, 3.05) is 7.11 Å². The molecule has 0 bridgehead atoms. The largest absolute Gasteiger partial charge is 0.497 e. The maximum atomic E-state index is 12.7. The number of rotatable bonds is 7. The fraction of sp³-hybridized carbons (Fsp3) is 0.300. The Labute approximate surface area is 165 Å². The molecule has 0 radical (unpaired) electrons. The van der Waals surface area contributed by atoms with Gasteiger partial charge in [0.2, 0.25) is 5.91 Å². The summed E-state index contributed by atoms with van der Waals surface area (Å²) < 4.78 is 11.4. The minimum absolute atomic E-state index is 0.170. The Morgan fingerprint density at radius 3 is 2.66 bits per heavy atom. The zero-order valence-corrected chi connectivity index (χ0v) is 15.7. The highest BCUT2D eigenvalue weighted by atomic mass is 16.6. The average molecular weight is 397 g/mol. The van der Waals surface area contributed by atoms with Gasteiger partial charge in [-0.25, -0.2) is 4.79 Å². The summed E-state index contributed by atoms with van der Waals surface area (Å²) in [5.74, 6) is -0.0315. The lowest BCUT2D eigenvalue weighted by Gasteiger charge is -2.19. The molecule has 0 spiro atoms. The lowest BCUT2D eigenvalue weighted by molar-refractivity contribution is -0.384. The molecule has 1 saturated carbocycles. The van der Waals surface area contributed by atoms with Gasteiger partial charge in [0.25, 0.3) is 5.69 Å². The van der Waals surface area contributed by atoms with Crippen LogP contribution in [0.25, 0.3) is 11.1 Å². The van der Waals surface area contributed by atoms with E-state index in [1.165, 1.54) is 18.2 Å². The maximum Gasteiger partial charge on any atom is 0.420 e. The summed E-state index contributed by atoms with van der Waals surface area (Å²) in [6.07, 6.45) is 2.02. The van der Waals surface area contributed by atoms with Gasteiger partial charge in [-0.1, -0.05) is 12.1 Å². The smallest absolute Gasteiger partial charge is 0.420 e. The molecule has 9 nitrogen and oxygen atoms in total. The number of ether oxygens (including phenoxy) is 1. The molecule has 3 aromatic rings. The lowest BCUT2D eigenvalue weighted by atomic mass is 10.0. The van der Waals surface area contributed by atoms with Crippen LogP contribution >= 0.6 is 0 Å². The van der Waals surface area contributed by atoms with Crippen LogP contribution in [0.1, 0.15) is 24.4 Å². The van der Waals surface area contributed by atoms with E-state index in [4.69, 9.17) is 9.15 Å². The summed E-state index contributed by atoms with van der Waals surface area (Å²) in [6.45, 7) is -0.285. The second-order valence-corrected chi connectivity index (χ2v) is 7.02. The molecule has 2 aromatic carbocycles. The first kappa shape index (κ1) is 18.7. The van der Waals surface area contributed by atoms with Crippen LogP contribution in [0.3, 0.4) is 0 Å². The summed E-state index contributed by atoms with van der Waals surface area (Å²) in [4.78, 5) is 35.3. The van der Waals surface area contributed by atoms with Crippen LogP contribution in [0, 0.1) is 16.0 Å². The second kappa shape index (κ2) is 7.42. The SMILES string of the molecule is COc1ccc(C(NC(=O)Cn2c(=O)oc3ccc([N+](=O)[O-])cc32)C2CC2)cc1. The first-order valence-electron chi connectivity index (χ1n) is 9.17. The highest BCUT2D eigenvalue weighted by Crippen LogP contribution is 2.41. The van der Waals surface area contributed by atoms with E-state index in [-0.39, 0.29) is 35.3 Å². The third kappa shape index (κ3) is 3.84. The van der Waals surface area contributed by atoms with E-state index >= 15 is 0 Å². The van der Waals surface area contributed by atoms with Gasteiger partial charge < -0.3 is 14.5 Å². The molecule has 0 saturated heterocycles. The zero-order valence-electron chi connectivity index (χ0n) is 15.7. The van der Waals surface area contributed by atoms with Crippen molar-refractivity contribution in [3.63, 3.8) is 0 Å². The van der Waals surface area contributed by atoms with E-state index in [0.29, 0.717) is 5.92 Å². The van der Waals surface area contributed by atoms with Crippen LogP contribution in [0.2, 0.25) is 0 Å². The maximum absolute atomic E-state index is 12.7. The predicted molar refractivity (Wildman–Crippen MR) is 104 cm³/mol. The zero-order chi connectivity index (χ0) is 20.5. The number of nitro groups is 1. The number of benzene rings is 2. The first-order chi connectivity index (χ1) is 14.0. The van der Waals surface area contributed by atoms with Gasteiger partial charge in [0.1, 0.15) is 12.3 Å². The van der Waals surface area contributed by atoms with Gasteiger partial charge in [-0.15, -0.1) is 0 Å². The van der Waals surface area contributed by atoms with Crippen molar-refractivity contribution in [3.05, 3.63) is 68.7 Å². The van der Waals surface area contributed by atoms with Crippen molar-refractivity contribution in [1.82, 2.24) is 9.88 Å². The normalized spacial score (nSPS) is 14.5. The van der Waals surface area contributed by atoms with Crippen molar-refractivity contribution < 1.29 is 18.9 Å². The molecule has 0 aliphatic heterocycles. The number of carbonyl (C=O) groups excluding carboxylic acids is 1. The van der Waals surface area contributed by atoms with Crippen LogP contribution in [-0.4, -0.2) is 22.5 Å². The average Bonchev–Trinajstić information content (AvgIpc) is 3.51. The Hall–Kier alpha value is -3.62. The van der Waals surface area contributed by atoms with Crippen molar-refractivity contribution in [2.45, 2.75) is 25.4 Å². The van der Waals surface area contributed by atoms with Gasteiger partial charge in [0, 0.05) is 12.1 Å². The van der Waals surface area contributed by atoms with Crippen LogP contribution in [0.5, 0.6) is 5.75 Å². The number of nitro benzene ring substituents is 1. The molecule has 1 aliphatic carbocycles. The van der Waals surface area contributed by atoms with Crippen LogP contribution < -0.4 is 15.8 Å². The number of non-ortho nitro benzene ring substituents is 1.